The molecular formula is C11H13ClN2. The van der Waals surface area contributed by atoms with Crippen molar-refractivity contribution in [2.45, 2.75) is 0 Å². The summed E-state index contributed by atoms with van der Waals surface area (Å²) < 4.78 is 0. The highest BCUT2D eigenvalue weighted by Gasteiger charge is 2.16. The van der Waals surface area contributed by atoms with Gasteiger partial charge in [-0.3, -0.25) is 4.99 Å². The zero-order valence-electron chi connectivity index (χ0n) is 7.99. The summed E-state index contributed by atoms with van der Waals surface area (Å²) in [6, 6.07) is 10.3. The molecule has 0 aliphatic carbocycles. The van der Waals surface area contributed by atoms with Crippen LogP contribution in [0, 0.1) is 0 Å². The van der Waals surface area contributed by atoms with Crippen LogP contribution in [-0.2, 0) is 0 Å². The molecule has 1 heterocycles. The molecule has 1 aromatic carbocycles. The van der Waals surface area contributed by atoms with Crippen LogP contribution in [0.1, 0.15) is 5.56 Å². The third-order valence-corrected chi connectivity index (χ3v) is 2.49. The van der Waals surface area contributed by atoms with Crippen molar-refractivity contribution in [3.05, 3.63) is 35.9 Å². The molecule has 2 nitrogen and oxygen atoms in total. The van der Waals surface area contributed by atoms with Crippen molar-refractivity contribution < 1.29 is 0 Å². The van der Waals surface area contributed by atoms with E-state index >= 15 is 0 Å². The Hall–Kier alpha value is -1.02. The van der Waals surface area contributed by atoms with E-state index in [4.69, 9.17) is 11.6 Å². The van der Waals surface area contributed by atoms with Gasteiger partial charge < -0.3 is 4.90 Å². The Morgan fingerprint density at radius 2 is 2.07 bits per heavy atom. The van der Waals surface area contributed by atoms with Crippen LogP contribution in [0.3, 0.4) is 0 Å². The number of aliphatic imine (C=N–C) groups is 1. The van der Waals surface area contributed by atoms with Gasteiger partial charge >= 0.3 is 0 Å². The lowest BCUT2D eigenvalue weighted by atomic mass is 10.2. The monoisotopic (exact) mass is 208 g/mol. The second kappa shape index (κ2) is 4.47. The van der Waals surface area contributed by atoms with Crippen molar-refractivity contribution in [1.82, 2.24) is 4.90 Å². The quantitative estimate of drug-likeness (QED) is 0.694. The second-order valence-corrected chi connectivity index (χ2v) is 3.63. The summed E-state index contributed by atoms with van der Waals surface area (Å²) in [4.78, 5) is 6.73. The molecule has 74 valence electrons. The van der Waals surface area contributed by atoms with E-state index in [0.29, 0.717) is 5.88 Å². The fraction of sp³-hybridized carbons (Fsp3) is 0.364. The number of hydrogen-bond acceptors (Lipinski definition) is 2. The van der Waals surface area contributed by atoms with Crippen LogP contribution in [-0.4, -0.2) is 36.2 Å². The highest BCUT2D eigenvalue weighted by atomic mass is 35.5. The fourth-order valence-electron chi connectivity index (χ4n) is 1.66. The number of rotatable bonds is 3. The van der Waals surface area contributed by atoms with Crippen LogP contribution in [0.25, 0.3) is 0 Å². The molecule has 1 aromatic rings. The van der Waals surface area contributed by atoms with Crippen LogP contribution in [0.15, 0.2) is 35.3 Å². The summed E-state index contributed by atoms with van der Waals surface area (Å²) in [7, 11) is 0. The summed E-state index contributed by atoms with van der Waals surface area (Å²) in [5.41, 5.74) is 1.19. The maximum atomic E-state index is 5.74. The van der Waals surface area contributed by atoms with Crippen molar-refractivity contribution in [1.29, 1.82) is 0 Å². The molecule has 2 rings (SSSR count). The van der Waals surface area contributed by atoms with Crippen LogP contribution in [0.4, 0.5) is 0 Å². The van der Waals surface area contributed by atoms with Gasteiger partial charge in [0.25, 0.3) is 0 Å². The minimum absolute atomic E-state index is 0.659. The van der Waals surface area contributed by atoms with Gasteiger partial charge in [-0.1, -0.05) is 30.3 Å². The molecule has 0 amide bonds. The zero-order valence-corrected chi connectivity index (χ0v) is 8.74. The Morgan fingerprint density at radius 1 is 1.29 bits per heavy atom. The van der Waals surface area contributed by atoms with Gasteiger partial charge in [-0.15, -0.1) is 11.6 Å². The molecule has 3 heteroatoms. The lowest BCUT2D eigenvalue weighted by Crippen LogP contribution is -2.30. The Kier molecular flexibility index (Phi) is 3.04. The SMILES string of the molecule is ClCCN1CCN=C1c1ccccc1. The fourth-order valence-corrected chi connectivity index (χ4v) is 1.87. The van der Waals surface area contributed by atoms with Gasteiger partial charge in [0.1, 0.15) is 5.84 Å². The van der Waals surface area contributed by atoms with Crippen LogP contribution in [0.5, 0.6) is 0 Å². The molecule has 0 spiro atoms. The lowest BCUT2D eigenvalue weighted by Gasteiger charge is -2.18. The number of benzene rings is 1. The van der Waals surface area contributed by atoms with E-state index in [0.717, 1.165) is 25.5 Å². The van der Waals surface area contributed by atoms with Crippen molar-refractivity contribution >= 4 is 17.4 Å². The van der Waals surface area contributed by atoms with Crippen molar-refractivity contribution in [2.24, 2.45) is 4.99 Å². The van der Waals surface area contributed by atoms with Gasteiger partial charge in [0, 0.05) is 24.5 Å². The first-order valence-electron chi connectivity index (χ1n) is 4.82. The number of hydrogen-bond donors (Lipinski definition) is 0. The normalized spacial score (nSPS) is 15.8. The van der Waals surface area contributed by atoms with E-state index in [1.165, 1.54) is 5.56 Å². The van der Waals surface area contributed by atoms with E-state index in [2.05, 4.69) is 22.0 Å². The maximum absolute atomic E-state index is 5.74. The Balaban J connectivity index is 2.18. The van der Waals surface area contributed by atoms with Gasteiger partial charge in [0.15, 0.2) is 0 Å². The largest absolute Gasteiger partial charge is 0.353 e. The third-order valence-electron chi connectivity index (χ3n) is 2.32. The van der Waals surface area contributed by atoms with Gasteiger partial charge in [0.2, 0.25) is 0 Å². The third kappa shape index (κ3) is 1.90. The van der Waals surface area contributed by atoms with E-state index < -0.39 is 0 Å². The predicted octanol–water partition coefficient (Wildman–Crippen LogP) is 1.99. The zero-order chi connectivity index (χ0) is 9.80. The van der Waals surface area contributed by atoms with E-state index in [1.807, 2.05) is 18.2 Å². The van der Waals surface area contributed by atoms with E-state index in [-0.39, 0.29) is 0 Å². The average Bonchev–Trinajstić information content (AvgIpc) is 2.68. The first-order chi connectivity index (χ1) is 6.92. The number of halogens is 1. The summed E-state index contributed by atoms with van der Waals surface area (Å²) in [6.45, 7) is 2.77. The number of amidine groups is 1. The minimum Gasteiger partial charge on any atom is -0.353 e. The second-order valence-electron chi connectivity index (χ2n) is 3.25. The number of alkyl halides is 1. The molecule has 0 bridgehead atoms. The van der Waals surface area contributed by atoms with Crippen LogP contribution < -0.4 is 0 Å². The van der Waals surface area contributed by atoms with E-state index in [1.54, 1.807) is 0 Å². The molecule has 0 fully saturated rings. The molecule has 0 unspecified atom stereocenters. The van der Waals surface area contributed by atoms with Crippen LogP contribution in [0.2, 0.25) is 0 Å². The Morgan fingerprint density at radius 3 is 2.79 bits per heavy atom. The Labute approximate surface area is 89.2 Å². The smallest absolute Gasteiger partial charge is 0.131 e. The Bertz CT molecular complexity index is 321. The summed E-state index contributed by atoms with van der Waals surface area (Å²) >= 11 is 5.74. The van der Waals surface area contributed by atoms with Gasteiger partial charge in [0.05, 0.1) is 6.54 Å². The van der Waals surface area contributed by atoms with Gasteiger partial charge in [-0.05, 0) is 0 Å². The highest BCUT2D eigenvalue weighted by Crippen LogP contribution is 2.10. The van der Waals surface area contributed by atoms with Crippen molar-refractivity contribution in [2.75, 3.05) is 25.5 Å². The van der Waals surface area contributed by atoms with Crippen LogP contribution >= 0.6 is 11.6 Å². The van der Waals surface area contributed by atoms with Crippen molar-refractivity contribution in [3.63, 3.8) is 0 Å². The first kappa shape index (κ1) is 9.53. The summed E-state index contributed by atoms with van der Waals surface area (Å²) in [6.07, 6.45) is 0. The highest BCUT2D eigenvalue weighted by molar-refractivity contribution is 6.18. The summed E-state index contributed by atoms with van der Waals surface area (Å²) in [5.74, 6) is 1.75. The first-order valence-corrected chi connectivity index (χ1v) is 5.36. The molecule has 0 atom stereocenters. The molecular weight excluding hydrogens is 196 g/mol. The molecule has 1 aliphatic rings. The van der Waals surface area contributed by atoms with E-state index in [9.17, 15) is 0 Å². The predicted molar refractivity (Wildman–Crippen MR) is 60.1 cm³/mol. The van der Waals surface area contributed by atoms with Crippen molar-refractivity contribution in [3.8, 4) is 0 Å². The minimum atomic E-state index is 0.659. The molecule has 1 aliphatic heterocycles. The van der Waals surface area contributed by atoms with Gasteiger partial charge in [-0.2, -0.15) is 0 Å². The maximum Gasteiger partial charge on any atom is 0.131 e. The average molecular weight is 209 g/mol. The lowest BCUT2D eigenvalue weighted by molar-refractivity contribution is 0.486. The molecule has 0 saturated heterocycles. The summed E-state index contributed by atoms with van der Waals surface area (Å²) in [5, 5.41) is 0. The molecule has 0 N–H and O–H groups in total. The molecule has 14 heavy (non-hydrogen) atoms. The molecule has 0 radical (unpaired) electrons. The molecule has 0 aromatic heterocycles. The number of nitrogens with zero attached hydrogens (tertiary/aromatic N) is 2. The topological polar surface area (TPSA) is 15.6 Å². The molecule has 0 saturated carbocycles. The van der Waals surface area contributed by atoms with Gasteiger partial charge in [-0.25, -0.2) is 0 Å². The standard InChI is InChI=1S/C11H13ClN2/c12-6-8-14-9-7-13-11(14)10-4-2-1-3-5-10/h1-5H,6-9H2.